The largest absolute Gasteiger partial charge is 0.0533 e. The summed E-state index contributed by atoms with van der Waals surface area (Å²) in [4.78, 5) is 0. The molecular formula is C36H58. The molecule has 8 aliphatic carbocycles. The summed E-state index contributed by atoms with van der Waals surface area (Å²) in [6.07, 6.45) is 35.5. The fourth-order valence-corrected chi connectivity index (χ4v) is 14.6. The third-order valence-electron chi connectivity index (χ3n) is 15.3. The van der Waals surface area contributed by atoms with Crippen LogP contribution in [0.15, 0.2) is 0 Å². The maximum absolute atomic E-state index is 1.73. The zero-order valence-electron chi connectivity index (χ0n) is 23.6. The normalized spacial score (nSPS) is 53.7. The molecule has 10 atom stereocenters. The summed E-state index contributed by atoms with van der Waals surface area (Å²) in [5.41, 5.74) is 0. The fourth-order valence-electron chi connectivity index (χ4n) is 14.6. The van der Waals surface area contributed by atoms with Gasteiger partial charge in [-0.3, -0.25) is 0 Å². The van der Waals surface area contributed by atoms with Crippen LogP contribution in [0.5, 0.6) is 0 Å². The van der Waals surface area contributed by atoms with Gasteiger partial charge in [-0.05, 0) is 121 Å². The van der Waals surface area contributed by atoms with Crippen molar-refractivity contribution in [2.75, 3.05) is 0 Å². The van der Waals surface area contributed by atoms with E-state index in [0.717, 1.165) is 53.3 Å². The maximum atomic E-state index is 1.73. The molecule has 202 valence electrons. The molecule has 8 fully saturated rings. The minimum Gasteiger partial charge on any atom is -0.0533 e. The van der Waals surface area contributed by atoms with E-state index in [4.69, 9.17) is 0 Å². The van der Waals surface area contributed by atoms with Crippen molar-refractivity contribution in [1.29, 1.82) is 0 Å². The van der Waals surface area contributed by atoms with Crippen LogP contribution in [0.1, 0.15) is 141 Å². The van der Waals surface area contributed by atoms with Crippen LogP contribution in [0.3, 0.4) is 0 Å². The first-order chi connectivity index (χ1) is 17.9. The van der Waals surface area contributed by atoms with Crippen molar-refractivity contribution in [2.24, 2.45) is 82.9 Å². The smallest absolute Gasteiger partial charge is 0.0323 e. The number of rotatable bonds is 2. The Morgan fingerprint density at radius 3 is 0.972 bits per heavy atom. The van der Waals surface area contributed by atoms with Crippen LogP contribution in [0.2, 0.25) is 0 Å². The highest BCUT2D eigenvalue weighted by Gasteiger charge is 2.62. The van der Waals surface area contributed by atoms with Gasteiger partial charge < -0.3 is 0 Å². The monoisotopic (exact) mass is 490 g/mol. The Labute approximate surface area is 223 Å². The van der Waals surface area contributed by atoms with Gasteiger partial charge >= 0.3 is 0 Å². The molecule has 10 unspecified atom stereocenters. The predicted octanol–water partition coefficient (Wildman–Crippen LogP) is 10.3. The molecule has 0 bridgehead atoms. The summed E-state index contributed by atoms with van der Waals surface area (Å²) in [7, 11) is 0. The summed E-state index contributed by atoms with van der Waals surface area (Å²) < 4.78 is 0. The molecule has 0 aliphatic heterocycles. The van der Waals surface area contributed by atoms with Gasteiger partial charge in [0.1, 0.15) is 0 Å². The Hall–Kier alpha value is 0. The third kappa shape index (κ3) is 3.78. The van der Waals surface area contributed by atoms with Gasteiger partial charge in [-0.1, -0.05) is 103 Å². The van der Waals surface area contributed by atoms with E-state index in [-0.39, 0.29) is 0 Å². The first kappa shape index (κ1) is 23.9. The minimum absolute atomic E-state index is 1.13. The molecule has 8 rings (SSSR count). The van der Waals surface area contributed by atoms with Crippen LogP contribution in [-0.2, 0) is 0 Å². The Bertz CT molecular complexity index is 694. The average Bonchev–Trinajstić information content (AvgIpc) is 3.26. The second-order valence-corrected chi connectivity index (χ2v) is 16.2. The Balaban J connectivity index is 1.18. The standard InChI is InChI=1S/C36H58/c1-3-11-23(12-4-1)35-26-17-7-8-18-27(26)36(24-13-5-2-6-14-24)33-22-31-29-20-10-16-25-15-9-19-28(34(25)29)30(31)21-32(33)35/h23-36H,1-22H2. The van der Waals surface area contributed by atoms with Crippen molar-refractivity contribution in [2.45, 2.75) is 141 Å². The molecule has 0 N–H and O–H groups in total. The first-order valence-electron chi connectivity index (χ1n) is 17.9. The van der Waals surface area contributed by atoms with E-state index in [1.165, 1.54) is 29.6 Å². The summed E-state index contributed by atoms with van der Waals surface area (Å²) >= 11 is 0. The molecule has 0 nitrogen and oxygen atoms in total. The lowest BCUT2D eigenvalue weighted by molar-refractivity contribution is -0.132. The van der Waals surface area contributed by atoms with Gasteiger partial charge in [0, 0.05) is 0 Å². The highest BCUT2D eigenvalue weighted by Crippen LogP contribution is 2.69. The van der Waals surface area contributed by atoms with Crippen LogP contribution in [0.25, 0.3) is 0 Å². The summed E-state index contributed by atoms with van der Waals surface area (Å²) in [5, 5.41) is 0. The van der Waals surface area contributed by atoms with Crippen LogP contribution >= 0.6 is 0 Å². The SMILES string of the molecule is C1CCC(C2C3CCCCC3C(C3CCCCC3)C3CC4C(CC32)C2CCCC3CCCC4C32)CC1. The zero-order chi connectivity index (χ0) is 23.6. The van der Waals surface area contributed by atoms with Crippen LogP contribution in [0.4, 0.5) is 0 Å². The molecule has 0 amide bonds. The van der Waals surface area contributed by atoms with Crippen LogP contribution < -0.4 is 0 Å². The maximum Gasteiger partial charge on any atom is -0.0323 e. The third-order valence-corrected chi connectivity index (χ3v) is 15.3. The van der Waals surface area contributed by atoms with Crippen molar-refractivity contribution >= 4 is 0 Å². The highest BCUT2D eigenvalue weighted by molar-refractivity contribution is 5.11. The van der Waals surface area contributed by atoms with E-state index in [2.05, 4.69) is 0 Å². The lowest BCUT2D eigenvalue weighted by Gasteiger charge is -2.62. The average molecular weight is 491 g/mol. The minimum atomic E-state index is 1.13. The quantitative estimate of drug-likeness (QED) is 0.361. The zero-order valence-corrected chi connectivity index (χ0v) is 23.6. The summed E-state index contributed by atoms with van der Waals surface area (Å²) in [6.45, 7) is 0. The van der Waals surface area contributed by atoms with Gasteiger partial charge in [-0.25, -0.2) is 0 Å². The molecule has 0 radical (unpaired) electrons. The van der Waals surface area contributed by atoms with E-state index < -0.39 is 0 Å². The molecule has 0 saturated heterocycles. The van der Waals surface area contributed by atoms with E-state index in [1.54, 1.807) is 141 Å². The van der Waals surface area contributed by atoms with Gasteiger partial charge in [0.2, 0.25) is 0 Å². The molecule has 0 heterocycles. The first-order valence-corrected chi connectivity index (χ1v) is 17.9. The molecular weight excluding hydrogens is 432 g/mol. The van der Waals surface area contributed by atoms with Crippen molar-refractivity contribution in [3.63, 3.8) is 0 Å². The van der Waals surface area contributed by atoms with Gasteiger partial charge in [-0.2, -0.15) is 0 Å². The molecule has 0 aromatic rings. The van der Waals surface area contributed by atoms with Crippen LogP contribution in [-0.4, -0.2) is 0 Å². The fraction of sp³-hybridized carbons (Fsp3) is 1.00. The van der Waals surface area contributed by atoms with Crippen molar-refractivity contribution < 1.29 is 0 Å². The van der Waals surface area contributed by atoms with E-state index >= 15 is 0 Å². The van der Waals surface area contributed by atoms with Gasteiger partial charge in [-0.15, -0.1) is 0 Å². The summed E-state index contributed by atoms with van der Waals surface area (Å²) in [5.74, 6) is 16.2. The Kier molecular flexibility index (Phi) is 6.54. The second-order valence-electron chi connectivity index (χ2n) is 16.2. The van der Waals surface area contributed by atoms with Crippen molar-refractivity contribution in [1.82, 2.24) is 0 Å². The van der Waals surface area contributed by atoms with E-state index in [9.17, 15) is 0 Å². The molecule has 36 heavy (non-hydrogen) atoms. The van der Waals surface area contributed by atoms with E-state index in [0.29, 0.717) is 0 Å². The van der Waals surface area contributed by atoms with E-state index in [1.807, 2.05) is 0 Å². The number of hydrogen-bond acceptors (Lipinski definition) is 0. The van der Waals surface area contributed by atoms with Crippen molar-refractivity contribution in [3.8, 4) is 0 Å². The molecule has 8 saturated carbocycles. The molecule has 0 aromatic heterocycles. The van der Waals surface area contributed by atoms with Gasteiger partial charge in [0.05, 0.1) is 0 Å². The highest BCUT2D eigenvalue weighted by atomic mass is 14.7. The van der Waals surface area contributed by atoms with Gasteiger partial charge in [0.15, 0.2) is 0 Å². The Morgan fingerprint density at radius 1 is 0.222 bits per heavy atom. The molecule has 0 heteroatoms. The molecule has 8 aliphatic rings. The van der Waals surface area contributed by atoms with Gasteiger partial charge in [0.25, 0.3) is 0 Å². The topological polar surface area (TPSA) is 0 Å². The molecule has 0 aromatic carbocycles. The summed E-state index contributed by atoms with van der Waals surface area (Å²) in [6, 6.07) is 0. The molecule has 0 spiro atoms. The second kappa shape index (κ2) is 9.88. The predicted molar refractivity (Wildman–Crippen MR) is 150 cm³/mol. The number of hydrogen-bond donors (Lipinski definition) is 0. The number of fused-ring (bicyclic) bond motifs is 5. The van der Waals surface area contributed by atoms with Crippen molar-refractivity contribution in [3.05, 3.63) is 0 Å². The lowest BCUT2D eigenvalue weighted by atomic mass is 9.43. The van der Waals surface area contributed by atoms with Crippen LogP contribution in [0, 0.1) is 82.9 Å². The lowest BCUT2D eigenvalue weighted by Crippen LogP contribution is -2.55. The Morgan fingerprint density at radius 2 is 0.528 bits per heavy atom.